The zero-order chi connectivity index (χ0) is 56.0. The molecule has 4 N–H and O–H groups in total. The van der Waals surface area contributed by atoms with E-state index in [1.807, 2.05) is 30.3 Å². The molecule has 10 rings (SSSR count). The Morgan fingerprint density at radius 1 is 0.481 bits per heavy atom. The van der Waals surface area contributed by atoms with Crippen LogP contribution in [0.15, 0.2) is 141 Å². The van der Waals surface area contributed by atoms with E-state index >= 15 is 0 Å². The third-order valence-electron chi connectivity index (χ3n) is 13.4. The molecule has 4 bridgehead atoms. The van der Waals surface area contributed by atoms with Gasteiger partial charge in [-0.1, -0.05) is 72.8 Å². The Labute approximate surface area is 452 Å². The van der Waals surface area contributed by atoms with Gasteiger partial charge in [0.2, 0.25) is 0 Å². The van der Waals surface area contributed by atoms with Gasteiger partial charge in [0.15, 0.2) is 0 Å². The van der Waals surface area contributed by atoms with E-state index in [1.54, 1.807) is 30.3 Å². The van der Waals surface area contributed by atoms with Crippen molar-refractivity contribution in [2.75, 3.05) is 52.5 Å². The summed E-state index contributed by atoms with van der Waals surface area (Å²) in [6.07, 6.45) is 1.04. The number of aromatic nitrogens is 4. The summed E-state index contributed by atoms with van der Waals surface area (Å²) in [7, 11) is 2.80. The normalized spacial score (nSPS) is 17.2. The van der Waals surface area contributed by atoms with Gasteiger partial charge in [-0.2, -0.15) is 0 Å². The van der Waals surface area contributed by atoms with Crippen LogP contribution in [0.5, 0.6) is 0 Å². The summed E-state index contributed by atoms with van der Waals surface area (Å²) in [5, 5.41) is 11.0. The summed E-state index contributed by atoms with van der Waals surface area (Å²) in [6, 6.07) is 29.7. The quantitative estimate of drug-likeness (QED) is 0.165. The average molecular weight is 1080 g/mol. The Bertz CT molecular complexity index is 3470. The second-order valence-electron chi connectivity index (χ2n) is 18.8. The highest BCUT2D eigenvalue weighted by molar-refractivity contribution is 5.98. The van der Waals surface area contributed by atoms with Gasteiger partial charge >= 0.3 is 0 Å². The highest BCUT2D eigenvalue weighted by atomic mass is 16.7. The number of hydrogen-bond acceptors (Lipinski definition) is 13. The van der Waals surface area contributed by atoms with E-state index in [2.05, 4.69) is 21.3 Å². The lowest BCUT2D eigenvalue weighted by atomic mass is 10.1. The molecule has 23 heteroatoms. The Morgan fingerprint density at radius 3 is 1.52 bits per heavy atom. The van der Waals surface area contributed by atoms with Crippen molar-refractivity contribution in [1.29, 1.82) is 0 Å². The molecule has 1 fully saturated rings. The second kappa shape index (κ2) is 26.1. The SMILES string of the molecule is Cn1c(C(=O)N2CCCCN(C(=O)c3cccc(=O)n3OCc3ccccc3)CCCNC(=O)c3ccc(n(C)c3=O)C(=O)N[C@@H]3COC[C@@H]3NC(=O)c3ccc(c(=O)n3OCc3ccccc3)C(=O)NCCC2)cccc1=O. The molecule has 6 aromatic rings. The fraction of sp³-hybridized carbons (Fsp3) is 0.321. The van der Waals surface area contributed by atoms with Crippen molar-refractivity contribution in [2.45, 2.75) is 51.0 Å². The number of benzene rings is 2. The van der Waals surface area contributed by atoms with Crippen LogP contribution in [0.25, 0.3) is 0 Å². The Kier molecular flexibility index (Phi) is 18.5. The number of carbonyl (C=O) groups is 6. The van der Waals surface area contributed by atoms with Gasteiger partial charge in [0.05, 0.1) is 25.3 Å². The molecular formula is C56H60N10O13. The van der Waals surface area contributed by atoms with Gasteiger partial charge in [-0.3, -0.25) is 47.9 Å². The molecule has 0 radical (unpaired) electrons. The van der Waals surface area contributed by atoms with Crippen LogP contribution in [0, 0.1) is 0 Å². The predicted molar refractivity (Wildman–Crippen MR) is 286 cm³/mol. The molecule has 6 amide bonds. The third-order valence-corrected chi connectivity index (χ3v) is 13.4. The first-order chi connectivity index (χ1) is 38.2. The fourth-order valence-electron chi connectivity index (χ4n) is 9.01. The van der Waals surface area contributed by atoms with Crippen LogP contribution in [0.1, 0.15) is 99.5 Å². The molecule has 23 nitrogen and oxygen atoms in total. The topological polar surface area (TPSA) is 273 Å². The van der Waals surface area contributed by atoms with Crippen molar-refractivity contribution in [3.8, 4) is 0 Å². The van der Waals surface area contributed by atoms with Gasteiger partial charge in [-0.15, -0.1) is 9.46 Å². The molecule has 4 aliphatic rings. The van der Waals surface area contributed by atoms with Crippen molar-refractivity contribution in [3.63, 3.8) is 0 Å². The molecule has 0 aliphatic carbocycles. The smallest absolute Gasteiger partial charge is 0.296 e. The highest BCUT2D eigenvalue weighted by Crippen LogP contribution is 2.13. The lowest BCUT2D eigenvalue weighted by Gasteiger charge is -2.26. The van der Waals surface area contributed by atoms with Gasteiger partial charge < -0.3 is 54.6 Å². The zero-order valence-corrected chi connectivity index (χ0v) is 43.6. The lowest BCUT2D eigenvalue weighted by Crippen LogP contribution is -2.52. The number of nitrogens with zero attached hydrogens (tertiary/aromatic N) is 6. The molecule has 79 heavy (non-hydrogen) atoms. The molecule has 4 aliphatic heterocycles. The van der Waals surface area contributed by atoms with Crippen LogP contribution >= 0.6 is 0 Å². The largest absolute Gasteiger partial charge is 0.405 e. The summed E-state index contributed by atoms with van der Waals surface area (Å²) < 4.78 is 9.54. The van der Waals surface area contributed by atoms with Crippen molar-refractivity contribution in [3.05, 3.63) is 208 Å². The van der Waals surface area contributed by atoms with Crippen LogP contribution in [-0.2, 0) is 32.0 Å². The predicted octanol–water partition coefficient (Wildman–Crippen LogP) is 0.911. The molecule has 2 atom stereocenters. The summed E-state index contributed by atoms with van der Waals surface area (Å²) in [5.74, 6) is -4.05. The molecule has 0 saturated carbocycles. The van der Waals surface area contributed by atoms with Gasteiger partial charge in [-0.25, -0.2) is 0 Å². The van der Waals surface area contributed by atoms with Crippen LogP contribution in [-0.4, -0.2) is 128 Å². The van der Waals surface area contributed by atoms with E-state index in [0.717, 1.165) is 19.6 Å². The van der Waals surface area contributed by atoms with Crippen LogP contribution in [0.3, 0.4) is 0 Å². The molecule has 8 heterocycles. The minimum atomic E-state index is -0.948. The van der Waals surface area contributed by atoms with E-state index in [9.17, 15) is 47.9 Å². The first-order valence-corrected chi connectivity index (χ1v) is 25.7. The summed E-state index contributed by atoms with van der Waals surface area (Å²) in [5.41, 5.74) is -2.24. The van der Waals surface area contributed by atoms with Gasteiger partial charge in [0, 0.05) is 65.5 Å². The fourth-order valence-corrected chi connectivity index (χ4v) is 9.01. The average Bonchev–Trinajstić information content (AvgIpc) is 3.92. The molecule has 2 aromatic carbocycles. The minimum Gasteiger partial charge on any atom is -0.405 e. The highest BCUT2D eigenvalue weighted by Gasteiger charge is 2.34. The summed E-state index contributed by atoms with van der Waals surface area (Å²) in [6.45, 7) is 0.127. The molecule has 412 valence electrons. The van der Waals surface area contributed by atoms with E-state index in [-0.39, 0.29) is 112 Å². The number of nitrogens with one attached hydrogen (secondary N) is 4. The minimum absolute atomic E-state index is 0.00275. The Hall–Kier alpha value is -9.38. The zero-order valence-electron chi connectivity index (χ0n) is 43.6. The molecular weight excluding hydrogens is 1020 g/mol. The van der Waals surface area contributed by atoms with E-state index in [0.29, 0.717) is 18.4 Å². The number of pyridine rings is 4. The van der Waals surface area contributed by atoms with E-state index < -0.39 is 69.8 Å². The number of rotatable bonds is 8. The van der Waals surface area contributed by atoms with Crippen LogP contribution in [0.2, 0.25) is 0 Å². The van der Waals surface area contributed by atoms with Gasteiger partial charge in [0.25, 0.3) is 57.7 Å². The van der Waals surface area contributed by atoms with Crippen molar-refractivity contribution in [2.24, 2.45) is 14.1 Å². The Balaban J connectivity index is 1.08. The summed E-state index contributed by atoms with van der Waals surface area (Å²) >= 11 is 0. The maximum absolute atomic E-state index is 14.5. The lowest BCUT2D eigenvalue weighted by molar-refractivity contribution is 0.0576. The van der Waals surface area contributed by atoms with E-state index in [4.69, 9.17) is 14.4 Å². The van der Waals surface area contributed by atoms with Crippen molar-refractivity contribution < 1.29 is 43.2 Å². The third kappa shape index (κ3) is 13.6. The van der Waals surface area contributed by atoms with Gasteiger partial charge in [0.1, 0.15) is 47.1 Å². The van der Waals surface area contributed by atoms with Crippen LogP contribution < -0.4 is 53.2 Å². The van der Waals surface area contributed by atoms with E-state index in [1.165, 1.54) is 89.1 Å². The van der Waals surface area contributed by atoms with Crippen LogP contribution in [0.4, 0.5) is 0 Å². The second-order valence-corrected chi connectivity index (χ2v) is 18.8. The first kappa shape index (κ1) is 55.8. The maximum atomic E-state index is 14.5. The van der Waals surface area contributed by atoms with Crippen molar-refractivity contribution >= 4 is 35.4 Å². The number of amides is 6. The molecule has 1 saturated heterocycles. The number of hydrogen-bond donors (Lipinski definition) is 4. The number of carbonyl (C=O) groups excluding carboxylic acids is 6. The monoisotopic (exact) mass is 1080 g/mol. The molecule has 0 unspecified atom stereocenters. The first-order valence-electron chi connectivity index (χ1n) is 25.7. The Morgan fingerprint density at radius 2 is 0.949 bits per heavy atom. The number of fused-ring (bicyclic) bond motifs is 2. The molecule has 0 spiro atoms. The standard InChI is InChI=1S/C56H60N10O13/c1-61-45(19-11-21-47(61)67)55(75)63-29-9-10-30-64(56(76)46-20-12-22-48(68)65(46)78-33-37-15-5-3-6-16-37)32-14-27-57-49(69)39-23-25-43(62(2)53(39)73)51(71)59-41-35-77-36-42(41)60-52(72)44-26-24-40(50(70)58-28-13-31-63)54(74)66(44)79-34-38-17-7-4-8-18-38/h3-8,11-12,15-26,41-42H,9-10,13-14,27-36H2,1-2H3,(H,57,69)(H,58,70)(H,59,71)(H,60,72)/t41-,42+/m1/s1. The van der Waals surface area contributed by atoms with Gasteiger partial charge in [-0.05, 0) is 73.2 Å². The number of ether oxygens (including phenoxy) is 1. The summed E-state index contributed by atoms with van der Waals surface area (Å²) in [4.78, 5) is 152. The van der Waals surface area contributed by atoms with Crippen molar-refractivity contribution in [1.82, 2.24) is 49.7 Å². The maximum Gasteiger partial charge on any atom is 0.296 e. The molecule has 4 aromatic heterocycles.